The molecule has 0 aliphatic heterocycles. The van der Waals surface area contributed by atoms with Crippen molar-refractivity contribution >= 4 is 12.3 Å². The number of carbonyl (C=O) groups is 2. The fraction of sp³-hybridized carbons (Fsp3) is 0.909. The van der Waals surface area contributed by atoms with Gasteiger partial charge in [0, 0.05) is 6.42 Å². The summed E-state index contributed by atoms with van der Waals surface area (Å²) < 4.78 is 4.91. The van der Waals surface area contributed by atoms with Gasteiger partial charge in [-0.1, -0.05) is 84.0 Å². The molecule has 29 heavy (non-hydrogen) atoms. The summed E-state index contributed by atoms with van der Waals surface area (Å²) in [5.41, 5.74) is 5.28. The Labute approximate surface area is 176 Å². The molecule has 0 saturated heterocycles. The highest BCUT2D eigenvalue weighted by atomic mass is 16.5. The second-order valence-electron chi connectivity index (χ2n) is 7.94. The second kappa shape index (κ2) is 19.0. The van der Waals surface area contributed by atoms with E-state index in [4.69, 9.17) is 10.5 Å². The van der Waals surface area contributed by atoms with E-state index in [0.717, 1.165) is 19.3 Å². The van der Waals surface area contributed by atoms with Gasteiger partial charge in [-0.2, -0.15) is 0 Å². The second-order valence-corrected chi connectivity index (χ2v) is 7.94. The van der Waals surface area contributed by atoms with Crippen LogP contribution in [0.5, 0.6) is 0 Å². The molecule has 0 unspecified atom stereocenters. The van der Waals surface area contributed by atoms with Crippen LogP contribution in [-0.2, 0) is 14.3 Å². The normalized spacial score (nSPS) is 15.5. The molecule has 0 saturated carbocycles. The summed E-state index contributed by atoms with van der Waals surface area (Å²) in [5.74, 6) is -0.450. The van der Waals surface area contributed by atoms with Crippen LogP contribution in [0.1, 0.15) is 96.8 Å². The summed E-state index contributed by atoms with van der Waals surface area (Å²) >= 11 is 0. The molecule has 0 aromatic rings. The zero-order chi connectivity index (χ0) is 21.9. The molecule has 0 bridgehead atoms. The Kier molecular flexibility index (Phi) is 18.3. The molecule has 0 heterocycles. The summed E-state index contributed by atoms with van der Waals surface area (Å²) in [7, 11) is 0. The summed E-state index contributed by atoms with van der Waals surface area (Å²) in [5, 5.41) is 28.9. The van der Waals surface area contributed by atoms with Gasteiger partial charge in [0.1, 0.15) is 31.2 Å². The van der Waals surface area contributed by atoms with Crippen LogP contribution < -0.4 is 5.73 Å². The number of ether oxygens (including phenoxy) is 1. The van der Waals surface area contributed by atoms with Gasteiger partial charge in [0.15, 0.2) is 0 Å². The number of nitrogens with two attached hydrogens (primary N) is 1. The molecule has 0 aliphatic carbocycles. The number of rotatable bonds is 20. The van der Waals surface area contributed by atoms with Crippen molar-refractivity contribution in [3.05, 3.63) is 0 Å². The lowest BCUT2D eigenvalue weighted by Crippen LogP contribution is -2.50. The largest absolute Gasteiger partial charge is 0.463 e. The zero-order valence-corrected chi connectivity index (χ0v) is 18.1. The molecule has 0 radical (unpaired) electrons. The van der Waals surface area contributed by atoms with E-state index in [0.29, 0.717) is 0 Å². The molecule has 0 aliphatic rings. The van der Waals surface area contributed by atoms with Crippen molar-refractivity contribution < 1.29 is 29.6 Å². The fourth-order valence-electron chi connectivity index (χ4n) is 3.17. The van der Waals surface area contributed by atoms with Crippen LogP contribution >= 0.6 is 0 Å². The Hall–Kier alpha value is -1.02. The molecule has 0 amide bonds. The first-order chi connectivity index (χ1) is 13.9. The summed E-state index contributed by atoms with van der Waals surface area (Å²) in [6.45, 7) is 1.79. The van der Waals surface area contributed by atoms with E-state index in [9.17, 15) is 24.9 Å². The van der Waals surface area contributed by atoms with E-state index >= 15 is 0 Å². The van der Waals surface area contributed by atoms with Crippen molar-refractivity contribution in [2.24, 2.45) is 5.73 Å². The third-order valence-corrected chi connectivity index (χ3v) is 5.20. The van der Waals surface area contributed by atoms with Crippen molar-refractivity contribution in [2.75, 3.05) is 6.61 Å². The summed E-state index contributed by atoms with van der Waals surface area (Å²) in [6.07, 6.45) is 11.7. The van der Waals surface area contributed by atoms with Crippen LogP contribution in [0.15, 0.2) is 0 Å². The van der Waals surface area contributed by atoms with Gasteiger partial charge in [0.2, 0.25) is 0 Å². The minimum atomic E-state index is -1.65. The first-order valence-electron chi connectivity index (χ1n) is 11.3. The van der Waals surface area contributed by atoms with Gasteiger partial charge in [0.05, 0.1) is 6.04 Å². The standard InChI is InChI=1S/C22H43NO6/c1-2-3-4-5-6-7-8-9-10-11-12-13-14-15-20(26)29-17-19(25)22(28)21(27)18(23)16-24/h16,18-19,21-22,25,27-28H,2-15,17,23H2,1H3/t18-,19+,21+,22+/m0/s1. The van der Waals surface area contributed by atoms with Crippen LogP contribution in [0.25, 0.3) is 0 Å². The highest BCUT2D eigenvalue weighted by molar-refractivity contribution is 5.69. The van der Waals surface area contributed by atoms with E-state index in [-0.39, 0.29) is 12.7 Å². The lowest BCUT2D eigenvalue weighted by molar-refractivity contribution is -0.152. The average Bonchev–Trinajstić information content (AvgIpc) is 2.73. The van der Waals surface area contributed by atoms with Gasteiger partial charge in [-0.15, -0.1) is 0 Å². The summed E-state index contributed by atoms with van der Waals surface area (Å²) in [4.78, 5) is 22.2. The van der Waals surface area contributed by atoms with E-state index in [1.165, 1.54) is 64.2 Å². The lowest BCUT2D eigenvalue weighted by Gasteiger charge is -2.24. The zero-order valence-electron chi connectivity index (χ0n) is 18.1. The van der Waals surface area contributed by atoms with Gasteiger partial charge in [-0.3, -0.25) is 4.79 Å². The number of aliphatic hydroxyl groups excluding tert-OH is 3. The topological polar surface area (TPSA) is 130 Å². The van der Waals surface area contributed by atoms with Crippen molar-refractivity contribution in [1.82, 2.24) is 0 Å². The van der Waals surface area contributed by atoms with Crippen molar-refractivity contribution in [3.8, 4) is 0 Å². The maximum absolute atomic E-state index is 11.7. The third-order valence-electron chi connectivity index (χ3n) is 5.20. The van der Waals surface area contributed by atoms with Crippen molar-refractivity contribution in [2.45, 2.75) is 121 Å². The molecule has 0 fully saturated rings. The molecule has 7 heteroatoms. The number of hydrogen-bond donors (Lipinski definition) is 4. The maximum atomic E-state index is 11.7. The van der Waals surface area contributed by atoms with Crippen molar-refractivity contribution in [1.29, 1.82) is 0 Å². The van der Waals surface area contributed by atoms with E-state index in [1.807, 2.05) is 0 Å². The minimum absolute atomic E-state index is 0.261. The van der Waals surface area contributed by atoms with E-state index in [1.54, 1.807) is 0 Å². The average molecular weight is 418 g/mol. The van der Waals surface area contributed by atoms with Gasteiger partial charge in [-0.25, -0.2) is 0 Å². The van der Waals surface area contributed by atoms with Crippen LogP contribution in [0.3, 0.4) is 0 Å². The fourth-order valence-corrected chi connectivity index (χ4v) is 3.17. The Bertz CT molecular complexity index is 407. The number of aliphatic hydroxyl groups is 3. The SMILES string of the molecule is CCCCCCCCCCCCCCCC(=O)OC[C@@H](O)[C@@H](O)[C@H](O)[C@@H](N)C=O. The highest BCUT2D eigenvalue weighted by Crippen LogP contribution is 2.13. The minimum Gasteiger partial charge on any atom is -0.463 e. The number of hydrogen-bond acceptors (Lipinski definition) is 7. The van der Waals surface area contributed by atoms with Gasteiger partial charge < -0.3 is 30.6 Å². The molecule has 0 rings (SSSR count). The van der Waals surface area contributed by atoms with Crippen LogP contribution in [-0.4, -0.2) is 58.5 Å². The van der Waals surface area contributed by atoms with Gasteiger partial charge >= 0.3 is 5.97 Å². The van der Waals surface area contributed by atoms with Crippen LogP contribution in [0, 0.1) is 0 Å². The molecular weight excluding hydrogens is 374 g/mol. The molecular formula is C22H43NO6. The third kappa shape index (κ3) is 15.5. The smallest absolute Gasteiger partial charge is 0.305 e. The van der Waals surface area contributed by atoms with Gasteiger partial charge in [-0.05, 0) is 6.42 Å². The molecule has 4 atom stereocenters. The Morgan fingerprint density at radius 3 is 1.72 bits per heavy atom. The van der Waals surface area contributed by atoms with E-state index in [2.05, 4.69) is 6.92 Å². The molecule has 5 N–H and O–H groups in total. The predicted octanol–water partition coefficient (Wildman–Crippen LogP) is 2.62. The maximum Gasteiger partial charge on any atom is 0.305 e. The molecule has 0 spiro atoms. The summed E-state index contributed by atoms with van der Waals surface area (Å²) in [6, 6.07) is -1.30. The molecule has 172 valence electrons. The highest BCUT2D eigenvalue weighted by Gasteiger charge is 2.30. The number of unbranched alkanes of at least 4 members (excludes halogenated alkanes) is 12. The Morgan fingerprint density at radius 2 is 1.28 bits per heavy atom. The van der Waals surface area contributed by atoms with Crippen molar-refractivity contribution in [3.63, 3.8) is 0 Å². The number of esters is 1. The van der Waals surface area contributed by atoms with Gasteiger partial charge in [0.25, 0.3) is 0 Å². The van der Waals surface area contributed by atoms with Crippen LogP contribution in [0.4, 0.5) is 0 Å². The van der Waals surface area contributed by atoms with E-state index < -0.39 is 36.9 Å². The first kappa shape index (κ1) is 28.0. The number of aldehydes is 1. The van der Waals surface area contributed by atoms with Crippen LogP contribution in [0.2, 0.25) is 0 Å². The quantitative estimate of drug-likeness (QED) is 0.136. The molecule has 0 aromatic carbocycles. The monoisotopic (exact) mass is 417 g/mol. The molecule has 0 aromatic heterocycles. The molecule has 7 nitrogen and oxygen atoms in total. The Morgan fingerprint density at radius 1 is 0.828 bits per heavy atom. The predicted molar refractivity (Wildman–Crippen MR) is 113 cm³/mol. The lowest BCUT2D eigenvalue weighted by atomic mass is 10.0. The first-order valence-corrected chi connectivity index (χ1v) is 11.3. The Balaban J connectivity index is 3.53. The number of carbonyl (C=O) groups excluding carboxylic acids is 2.